The topological polar surface area (TPSA) is 150 Å². The number of H-pyrrole nitrogens is 1. The van der Waals surface area contributed by atoms with Gasteiger partial charge in [-0.3, -0.25) is 9.59 Å². The summed E-state index contributed by atoms with van der Waals surface area (Å²) in [7, 11) is 0. The summed E-state index contributed by atoms with van der Waals surface area (Å²) in [6, 6.07) is -1.80. The average Bonchev–Trinajstić information content (AvgIpc) is 2.96. The molecule has 128 valence electrons. The number of nitrogens with two attached hydrogens (primary N) is 1. The first-order chi connectivity index (χ1) is 10.8. The normalized spacial score (nSPS) is 13.4. The minimum Gasteiger partial charge on any atom is -0.480 e. The van der Waals surface area contributed by atoms with Gasteiger partial charge < -0.3 is 26.5 Å². The molecule has 0 aliphatic rings. The molecular weight excluding hydrogens is 302 g/mol. The third kappa shape index (κ3) is 6.92. The van der Waals surface area contributed by atoms with Gasteiger partial charge in [-0.15, -0.1) is 0 Å². The number of rotatable bonds is 9. The maximum Gasteiger partial charge on any atom is 0.326 e. The summed E-state index contributed by atoms with van der Waals surface area (Å²) in [6.07, 6.45) is 3.62. The van der Waals surface area contributed by atoms with Gasteiger partial charge in [0, 0.05) is 18.3 Å². The van der Waals surface area contributed by atoms with Crippen LogP contribution in [0.1, 0.15) is 26.0 Å². The van der Waals surface area contributed by atoms with E-state index in [1.165, 1.54) is 6.33 Å². The fourth-order valence-corrected chi connectivity index (χ4v) is 1.96. The molecule has 0 spiro atoms. The quantitative estimate of drug-likeness (QED) is 0.393. The van der Waals surface area contributed by atoms with Crippen LogP contribution in [0.5, 0.6) is 0 Å². The predicted octanol–water partition coefficient (Wildman–Crippen LogP) is -0.989. The number of carboxylic acids is 1. The second kappa shape index (κ2) is 8.89. The predicted molar refractivity (Wildman–Crippen MR) is 82.3 cm³/mol. The van der Waals surface area contributed by atoms with Gasteiger partial charge in [0.2, 0.25) is 11.8 Å². The van der Waals surface area contributed by atoms with E-state index in [9.17, 15) is 14.4 Å². The Bertz CT molecular complexity index is 529. The van der Waals surface area contributed by atoms with Crippen LogP contribution < -0.4 is 16.4 Å². The standard InChI is InChI=1S/C14H23N5O4/c1-8(2)3-11(14(22)23)19-12(20)6-17-13(21)10(15)4-9-5-16-7-18-9/h5,7-8,10-11H,3-4,6,15H2,1-2H3,(H,16,18)(H,17,21)(H,19,20)(H,22,23)/t10-,11-/m0/s1. The highest BCUT2D eigenvalue weighted by Crippen LogP contribution is 2.04. The van der Waals surface area contributed by atoms with Crippen molar-refractivity contribution in [3.63, 3.8) is 0 Å². The van der Waals surface area contributed by atoms with Crippen molar-refractivity contribution in [2.75, 3.05) is 6.54 Å². The Morgan fingerprint density at radius 2 is 2.09 bits per heavy atom. The van der Waals surface area contributed by atoms with Gasteiger partial charge in [-0.25, -0.2) is 9.78 Å². The van der Waals surface area contributed by atoms with Crippen LogP contribution in [0, 0.1) is 5.92 Å². The van der Waals surface area contributed by atoms with Gasteiger partial charge in [-0.05, 0) is 12.3 Å². The van der Waals surface area contributed by atoms with E-state index in [1.54, 1.807) is 6.20 Å². The van der Waals surface area contributed by atoms with Crippen LogP contribution >= 0.6 is 0 Å². The van der Waals surface area contributed by atoms with Gasteiger partial charge in [0.05, 0.1) is 18.9 Å². The van der Waals surface area contributed by atoms with Gasteiger partial charge in [-0.2, -0.15) is 0 Å². The van der Waals surface area contributed by atoms with Crippen molar-refractivity contribution in [2.24, 2.45) is 11.7 Å². The fourth-order valence-electron chi connectivity index (χ4n) is 1.96. The Morgan fingerprint density at radius 3 is 2.61 bits per heavy atom. The van der Waals surface area contributed by atoms with Gasteiger partial charge in [0.15, 0.2) is 0 Å². The zero-order valence-electron chi connectivity index (χ0n) is 13.2. The Labute approximate surface area is 134 Å². The number of aromatic nitrogens is 2. The first-order valence-corrected chi connectivity index (χ1v) is 7.32. The first-order valence-electron chi connectivity index (χ1n) is 7.32. The molecule has 9 nitrogen and oxygen atoms in total. The van der Waals surface area contributed by atoms with Crippen molar-refractivity contribution in [2.45, 2.75) is 38.8 Å². The summed E-state index contributed by atoms with van der Waals surface area (Å²) in [5, 5.41) is 13.8. The number of hydrogen-bond donors (Lipinski definition) is 5. The van der Waals surface area contributed by atoms with E-state index in [-0.39, 0.29) is 18.9 Å². The third-order valence-electron chi connectivity index (χ3n) is 3.10. The van der Waals surface area contributed by atoms with Crippen LogP contribution in [0.25, 0.3) is 0 Å². The van der Waals surface area contributed by atoms with Gasteiger partial charge >= 0.3 is 5.97 Å². The van der Waals surface area contributed by atoms with E-state index in [1.807, 2.05) is 13.8 Å². The van der Waals surface area contributed by atoms with Crippen molar-refractivity contribution in [1.82, 2.24) is 20.6 Å². The molecular formula is C14H23N5O4. The lowest BCUT2D eigenvalue weighted by Crippen LogP contribution is -2.49. The largest absolute Gasteiger partial charge is 0.480 e. The number of amides is 2. The number of carbonyl (C=O) groups excluding carboxylic acids is 2. The van der Waals surface area contributed by atoms with E-state index in [4.69, 9.17) is 10.8 Å². The molecule has 0 unspecified atom stereocenters. The minimum atomic E-state index is -1.10. The fraction of sp³-hybridized carbons (Fsp3) is 0.571. The maximum atomic E-state index is 11.8. The van der Waals surface area contributed by atoms with Crippen molar-refractivity contribution >= 4 is 17.8 Å². The first kappa shape index (κ1) is 18.6. The smallest absolute Gasteiger partial charge is 0.326 e. The molecule has 1 aromatic rings. The molecule has 1 heterocycles. The molecule has 0 saturated carbocycles. The average molecular weight is 325 g/mol. The van der Waals surface area contributed by atoms with E-state index in [0.29, 0.717) is 12.1 Å². The second-order valence-corrected chi connectivity index (χ2v) is 5.69. The Balaban J connectivity index is 2.39. The molecule has 0 fully saturated rings. The summed E-state index contributed by atoms with van der Waals surface area (Å²) in [6.45, 7) is 3.40. The SMILES string of the molecule is CC(C)C[C@H](NC(=O)CNC(=O)[C@@H](N)Cc1cnc[nH]1)C(=O)O. The van der Waals surface area contributed by atoms with E-state index < -0.39 is 29.9 Å². The molecule has 0 aliphatic carbocycles. The molecule has 0 aliphatic heterocycles. The lowest BCUT2D eigenvalue weighted by atomic mass is 10.0. The molecule has 1 rings (SSSR count). The summed E-state index contributed by atoms with van der Waals surface area (Å²) >= 11 is 0. The number of aliphatic carboxylic acids is 1. The van der Waals surface area contributed by atoms with Gasteiger partial charge in [0.25, 0.3) is 0 Å². The van der Waals surface area contributed by atoms with Gasteiger partial charge in [0.1, 0.15) is 6.04 Å². The lowest BCUT2D eigenvalue weighted by molar-refractivity contribution is -0.142. The summed E-state index contributed by atoms with van der Waals surface area (Å²) in [5.74, 6) is -2.05. The van der Waals surface area contributed by atoms with Crippen LogP contribution in [0.15, 0.2) is 12.5 Å². The summed E-state index contributed by atoms with van der Waals surface area (Å²) in [5.41, 5.74) is 6.43. The molecule has 9 heteroatoms. The number of carboxylic acid groups (broad SMARTS) is 1. The van der Waals surface area contributed by atoms with E-state index in [0.717, 1.165) is 0 Å². The van der Waals surface area contributed by atoms with E-state index in [2.05, 4.69) is 20.6 Å². The highest BCUT2D eigenvalue weighted by Gasteiger charge is 2.22. The molecule has 1 aromatic heterocycles. The number of nitrogens with zero attached hydrogens (tertiary/aromatic N) is 1. The van der Waals surface area contributed by atoms with Crippen LogP contribution in [0.4, 0.5) is 0 Å². The lowest BCUT2D eigenvalue weighted by Gasteiger charge is -2.17. The monoisotopic (exact) mass is 325 g/mol. The van der Waals surface area contributed by atoms with Crippen LogP contribution in [-0.2, 0) is 20.8 Å². The van der Waals surface area contributed by atoms with Crippen molar-refractivity contribution in [3.8, 4) is 0 Å². The van der Waals surface area contributed by atoms with Gasteiger partial charge in [-0.1, -0.05) is 13.8 Å². The molecule has 0 bridgehead atoms. The molecule has 0 saturated heterocycles. The van der Waals surface area contributed by atoms with Crippen molar-refractivity contribution in [1.29, 1.82) is 0 Å². The van der Waals surface area contributed by atoms with E-state index >= 15 is 0 Å². The highest BCUT2D eigenvalue weighted by molar-refractivity contribution is 5.89. The zero-order chi connectivity index (χ0) is 17.4. The van der Waals surface area contributed by atoms with Crippen LogP contribution in [0.3, 0.4) is 0 Å². The third-order valence-corrected chi connectivity index (χ3v) is 3.10. The second-order valence-electron chi connectivity index (χ2n) is 5.69. The highest BCUT2D eigenvalue weighted by atomic mass is 16.4. The molecule has 2 atom stereocenters. The molecule has 2 amide bonds. The number of hydrogen-bond acceptors (Lipinski definition) is 5. The minimum absolute atomic E-state index is 0.119. The van der Waals surface area contributed by atoms with Crippen molar-refractivity contribution < 1.29 is 19.5 Å². The number of imidazole rings is 1. The Hall–Kier alpha value is -2.42. The number of carbonyl (C=O) groups is 3. The molecule has 6 N–H and O–H groups in total. The summed E-state index contributed by atoms with van der Waals surface area (Å²) in [4.78, 5) is 41.3. The Morgan fingerprint density at radius 1 is 1.39 bits per heavy atom. The molecule has 0 radical (unpaired) electrons. The molecule has 0 aromatic carbocycles. The Kier molecular flexibility index (Phi) is 7.20. The maximum absolute atomic E-state index is 11.8. The van der Waals surface area contributed by atoms with Crippen LogP contribution in [-0.4, -0.2) is 51.5 Å². The zero-order valence-corrected chi connectivity index (χ0v) is 13.2. The van der Waals surface area contributed by atoms with Crippen molar-refractivity contribution in [3.05, 3.63) is 18.2 Å². The van der Waals surface area contributed by atoms with Crippen LogP contribution in [0.2, 0.25) is 0 Å². The molecule has 23 heavy (non-hydrogen) atoms. The number of aromatic amines is 1. The number of nitrogens with one attached hydrogen (secondary N) is 3. The summed E-state index contributed by atoms with van der Waals surface area (Å²) < 4.78 is 0.